The van der Waals surface area contributed by atoms with Gasteiger partial charge >= 0.3 is 0 Å². The van der Waals surface area contributed by atoms with Crippen LogP contribution in [0.5, 0.6) is 11.5 Å². The number of para-hydroxylation sites is 1. The van der Waals surface area contributed by atoms with Gasteiger partial charge in [-0.05, 0) is 37.7 Å². The van der Waals surface area contributed by atoms with Gasteiger partial charge in [-0.3, -0.25) is 0 Å². The number of hydrogen-bond donors (Lipinski definition) is 2. The topological polar surface area (TPSA) is 50.7 Å². The zero-order valence-electron chi connectivity index (χ0n) is 12.0. The van der Waals surface area contributed by atoms with E-state index < -0.39 is 5.60 Å². The standard InChI is InChI=1S/C16H23NO3/c1-12-5-7-16(18,8-6-12)10-17-9-13-3-2-4-14-15(13)20-11-19-14/h2-4,12,17-18H,5-11H2,1H3. The SMILES string of the molecule is CC1CCC(O)(CNCc2cccc3c2OCO3)CC1. The summed E-state index contributed by atoms with van der Waals surface area (Å²) in [5.74, 6) is 2.40. The van der Waals surface area contributed by atoms with Crippen molar-refractivity contribution in [1.82, 2.24) is 5.32 Å². The minimum absolute atomic E-state index is 0.300. The molecule has 0 amide bonds. The molecule has 0 atom stereocenters. The summed E-state index contributed by atoms with van der Waals surface area (Å²) in [5.41, 5.74) is 0.551. The molecule has 0 spiro atoms. The van der Waals surface area contributed by atoms with E-state index in [4.69, 9.17) is 9.47 Å². The van der Waals surface area contributed by atoms with Crippen molar-refractivity contribution in [2.75, 3.05) is 13.3 Å². The number of hydrogen-bond acceptors (Lipinski definition) is 4. The summed E-state index contributed by atoms with van der Waals surface area (Å²) in [4.78, 5) is 0. The van der Waals surface area contributed by atoms with Crippen molar-refractivity contribution in [3.63, 3.8) is 0 Å². The molecule has 1 heterocycles. The first-order chi connectivity index (χ1) is 9.66. The highest BCUT2D eigenvalue weighted by atomic mass is 16.7. The Morgan fingerprint density at radius 3 is 2.90 bits per heavy atom. The Morgan fingerprint density at radius 1 is 1.30 bits per heavy atom. The van der Waals surface area contributed by atoms with Gasteiger partial charge in [-0.1, -0.05) is 19.1 Å². The van der Waals surface area contributed by atoms with Gasteiger partial charge in [0.2, 0.25) is 6.79 Å². The van der Waals surface area contributed by atoms with Gasteiger partial charge in [-0.2, -0.15) is 0 Å². The monoisotopic (exact) mass is 277 g/mol. The zero-order chi connectivity index (χ0) is 14.0. The molecule has 20 heavy (non-hydrogen) atoms. The van der Waals surface area contributed by atoms with Gasteiger partial charge in [-0.25, -0.2) is 0 Å². The normalized spacial score (nSPS) is 28.6. The van der Waals surface area contributed by atoms with E-state index >= 15 is 0 Å². The molecular weight excluding hydrogens is 254 g/mol. The highest BCUT2D eigenvalue weighted by molar-refractivity contribution is 5.48. The molecule has 4 nitrogen and oxygen atoms in total. The van der Waals surface area contributed by atoms with Crippen LogP contribution >= 0.6 is 0 Å². The number of fused-ring (bicyclic) bond motifs is 1. The molecular formula is C16H23NO3. The maximum atomic E-state index is 10.5. The average Bonchev–Trinajstić information content (AvgIpc) is 2.92. The molecule has 1 aromatic rings. The fourth-order valence-corrected chi connectivity index (χ4v) is 3.04. The van der Waals surface area contributed by atoms with Gasteiger partial charge < -0.3 is 19.9 Å². The number of benzene rings is 1. The van der Waals surface area contributed by atoms with Crippen LogP contribution in [0.15, 0.2) is 18.2 Å². The lowest BCUT2D eigenvalue weighted by Gasteiger charge is -2.35. The molecule has 1 aliphatic heterocycles. The summed E-state index contributed by atoms with van der Waals surface area (Å²) < 4.78 is 10.9. The average molecular weight is 277 g/mol. The number of nitrogens with one attached hydrogen (secondary N) is 1. The van der Waals surface area contributed by atoms with Crippen molar-refractivity contribution >= 4 is 0 Å². The third-order valence-corrected chi connectivity index (χ3v) is 4.45. The van der Waals surface area contributed by atoms with Crippen LogP contribution in [-0.4, -0.2) is 24.0 Å². The van der Waals surface area contributed by atoms with Crippen LogP contribution in [0.2, 0.25) is 0 Å². The highest BCUT2D eigenvalue weighted by Crippen LogP contribution is 2.35. The minimum atomic E-state index is -0.540. The van der Waals surface area contributed by atoms with Gasteiger partial charge in [0.15, 0.2) is 11.5 Å². The van der Waals surface area contributed by atoms with E-state index in [1.807, 2.05) is 18.2 Å². The molecule has 2 aliphatic rings. The van der Waals surface area contributed by atoms with E-state index in [1.54, 1.807) is 0 Å². The maximum absolute atomic E-state index is 10.5. The van der Waals surface area contributed by atoms with Crippen molar-refractivity contribution in [2.45, 2.75) is 44.8 Å². The molecule has 0 unspecified atom stereocenters. The van der Waals surface area contributed by atoms with Crippen LogP contribution in [0.4, 0.5) is 0 Å². The van der Waals surface area contributed by atoms with E-state index in [1.165, 1.54) is 0 Å². The van der Waals surface area contributed by atoms with E-state index in [9.17, 15) is 5.11 Å². The second kappa shape index (κ2) is 5.62. The summed E-state index contributed by atoms with van der Waals surface area (Å²) in [6.07, 6.45) is 4.03. The predicted molar refractivity (Wildman–Crippen MR) is 76.9 cm³/mol. The summed E-state index contributed by atoms with van der Waals surface area (Å²) >= 11 is 0. The van der Waals surface area contributed by atoms with Gasteiger partial charge in [0.05, 0.1) is 5.60 Å². The maximum Gasteiger partial charge on any atom is 0.231 e. The van der Waals surface area contributed by atoms with Crippen molar-refractivity contribution in [1.29, 1.82) is 0 Å². The summed E-state index contributed by atoms with van der Waals surface area (Å²) in [5, 5.41) is 13.9. The second-order valence-corrected chi connectivity index (χ2v) is 6.16. The fourth-order valence-electron chi connectivity index (χ4n) is 3.04. The summed E-state index contributed by atoms with van der Waals surface area (Å²) in [6, 6.07) is 5.93. The van der Waals surface area contributed by atoms with Gasteiger partial charge in [0, 0.05) is 18.7 Å². The lowest BCUT2D eigenvalue weighted by atomic mass is 9.79. The van der Waals surface area contributed by atoms with E-state index in [0.717, 1.165) is 48.7 Å². The Hall–Kier alpha value is -1.26. The molecule has 0 aromatic heterocycles. The molecule has 0 saturated heterocycles. The van der Waals surface area contributed by atoms with Crippen LogP contribution in [0.25, 0.3) is 0 Å². The molecule has 3 rings (SSSR count). The molecule has 4 heteroatoms. The van der Waals surface area contributed by atoms with Gasteiger partial charge in [0.1, 0.15) is 0 Å². The Kier molecular flexibility index (Phi) is 3.85. The van der Waals surface area contributed by atoms with Crippen molar-refractivity contribution < 1.29 is 14.6 Å². The molecule has 1 aliphatic carbocycles. The van der Waals surface area contributed by atoms with Crippen LogP contribution in [0.3, 0.4) is 0 Å². The molecule has 0 radical (unpaired) electrons. The Balaban J connectivity index is 1.54. The van der Waals surface area contributed by atoms with Crippen LogP contribution in [-0.2, 0) is 6.54 Å². The lowest BCUT2D eigenvalue weighted by molar-refractivity contribution is -0.00633. The number of ether oxygens (including phenoxy) is 2. The largest absolute Gasteiger partial charge is 0.454 e. The molecule has 0 bridgehead atoms. The minimum Gasteiger partial charge on any atom is -0.454 e. The van der Waals surface area contributed by atoms with E-state index in [-0.39, 0.29) is 0 Å². The Labute approximate surface area is 120 Å². The van der Waals surface area contributed by atoms with Gasteiger partial charge in [-0.15, -0.1) is 0 Å². The Morgan fingerprint density at radius 2 is 2.10 bits per heavy atom. The number of aliphatic hydroxyl groups is 1. The van der Waals surface area contributed by atoms with Crippen molar-refractivity contribution in [3.8, 4) is 11.5 Å². The second-order valence-electron chi connectivity index (χ2n) is 6.16. The van der Waals surface area contributed by atoms with Crippen LogP contribution in [0.1, 0.15) is 38.2 Å². The summed E-state index contributed by atoms with van der Waals surface area (Å²) in [7, 11) is 0. The predicted octanol–water partition coefficient (Wildman–Crippen LogP) is 2.45. The molecule has 1 saturated carbocycles. The number of rotatable bonds is 4. The summed E-state index contributed by atoms with van der Waals surface area (Å²) in [6.45, 7) is 3.90. The smallest absolute Gasteiger partial charge is 0.231 e. The third kappa shape index (κ3) is 2.91. The fraction of sp³-hybridized carbons (Fsp3) is 0.625. The lowest BCUT2D eigenvalue weighted by Crippen LogP contribution is -2.43. The quantitative estimate of drug-likeness (QED) is 0.887. The van der Waals surface area contributed by atoms with Crippen LogP contribution < -0.4 is 14.8 Å². The first kappa shape index (κ1) is 13.7. The van der Waals surface area contributed by atoms with E-state index in [0.29, 0.717) is 19.9 Å². The first-order valence-electron chi connectivity index (χ1n) is 7.47. The molecule has 1 fully saturated rings. The zero-order valence-corrected chi connectivity index (χ0v) is 12.0. The molecule has 2 N–H and O–H groups in total. The first-order valence-corrected chi connectivity index (χ1v) is 7.47. The molecule has 110 valence electrons. The third-order valence-electron chi connectivity index (χ3n) is 4.45. The van der Waals surface area contributed by atoms with Crippen molar-refractivity contribution in [3.05, 3.63) is 23.8 Å². The van der Waals surface area contributed by atoms with Crippen molar-refractivity contribution in [2.24, 2.45) is 5.92 Å². The Bertz CT molecular complexity index is 467. The molecule has 1 aromatic carbocycles. The van der Waals surface area contributed by atoms with Gasteiger partial charge in [0.25, 0.3) is 0 Å². The van der Waals surface area contributed by atoms with Crippen LogP contribution in [0, 0.1) is 5.92 Å². The van der Waals surface area contributed by atoms with E-state index in [2.05, 4.69) is 12.2 Å². The highest BCUT2D eigenvalue weighted by Gasteiger charge is 2.31.